The molecule has 1 aliphatic heterocycles. The highest BCUT2D eigenvalue weighted by atomic mass is 35.5. The van der Waals surface area contributed by atoms with Gasteiger partial charge in [0, 0.05) is 6.54 Å². The van der Waals surface area contributed by atoms with Gasteiger partial charge >= 0.3 is 0 Å². The molecule has 1 amide bonds. The van der Waals surface area contributed by atoms with Gasteiger partial charge in [0.15, 0.2) is 0 Å². The third-order valence-corrected chi connectivity index (χ3v) is 4.50. The van der Waals surface area contributed by atoms with Crippen LogP contribution in [0.4, 0.5) is 18.9 Å². The Bertz CT molecular complexity index is 1080. The highest BCUT2D eigenvalue weighted by molar-refractivity contribution is 6.03. The number of nitrogens with zero attached hydrogens (tertiary/aromatic N) is 3. The van der Waals surface area contributed by atoms with E-state index in [1.807, 2.05) is 0 Å². The van der Waals surface area contributed by atoms with Gasteiger partial charge in [-0.1, -0.05) is 6.07 Å². The van der Waals surface area contributed by atoms with Gasteiger partial charge in [-0.2, -0.15) is 4.98 Å². The molecule has 0 radical (unpaired) electrons. The summed E-state index contributed by atoms with van der Waals surface area (Å²) in [6, 6.07) is 5.15. The van der Waals surface area contributed by atoms with Gasteiger partial charge < -0.3 is 15.4 Å². The number of carbonyl (C=O) groups excluding carboxylic acids is 1. The minimum Gasteiger partial charge on any atom is -0.471 e. The summed E-state index contributed by atoms with van der Waals surface area (Å²) in [7, 11) is 0. The van der Waals surface area contributed by atoms with Crippen molar-refractivity contribution in [1.29, 1.82) is 0 Å². The van der Waals surface area contributed by atoms with E-state index in [2.05, 4.69) is 25.6 Å². The van der Waals surface area contributed by atoms with Crippen LogP contribution in [-0.2, 0) is 0 Å². The number of carbonyl (C=O) groups is 1. The Balaban J connectivity index is 0.00000272. The molecule has 0 bridgehead atoms. The van der Waals surface area contributed by atoms with Gasteiger partial charge in [-0.05, 0) is 37.2 Å². The second-order valence-corrected chi connectivity index (χ2v) is 6.55. The molecule has 31 heavy (non-hydrogen) atoms. The first-order chi connectivity index (χ1) is 14.5. The lowest BCUT2D eigenvalue weighted by Gasteiger charge is -2.15. The van der Waals surface area contributed by atoms with Crippen molar-refractivity contribution in [2.24, 2.45) is 0 Å². The Morgan fingerprint density at radius 1 is 1.13 bits per heavy atom. The molecule has 1 saturated heterocycles. The van der Waals surface area contributed by atoms with Crippen LogP contribution >= 0.6 is 12.4 Å². The van der Waals surface area contributed by atoms with Crippen LogP contribution in [0.2, 0.25) is 0 Å². The molecule has 11 heteroatoms. The van der Waals surface area contributed by atoms with Crippen LogP contribution in [0.1, 0.15) is 16.9 Å². The van der Waals surface area contributed by atoms with Crippen LogP contribution in [0.5, 0.6) is 5.88 Å². The lowest BCUT2D eigenvalue weighted by atomic mass is 10.1. The minimum atomic E-state index is -0.990. The summed E-state index contributed by atoms with van der Waals surface area (Å²) in [5.41, 5.74) is -1.30. The number of aromatic nitrogens is 3. The van der Waals surface area contributed by atoms with Gasteiger partial charge in [-0.15, -0.1) is 12.4 Å². The molecule has 1 fully saturated rings. The van der Waals surface area contributed by atoms with Crippen LogP contribution in [0.3, 0.4) is 0 Å². The van der Waals surface area contributed by atoms with Crippen LogP contribution < -0.4 is 15.4 Å². The van der Waals surface area contributed by atoms with Gasteiger partial charge in [-0.3, -0.25) is 4.79 Å². The van der Waals surface area contributed by atoms with E-state index in [-0.39, 0.29) is 35.8 Å². The summed E-state index contributed by atoms with van der Waals surface area (Å²) in [5, 5.41) is 5.70. The van der Waals surface area contributed by atoms with E-state index < -0.39 is 34.6 Å². The molecule has 0 saturated carbocycles. The molecule has 3 aromatic rings. The minimum absolute atomic E-state index is 0. The van der Waals surface area contributed by atoms with Crippen LogP contribution in [0.25, 0.3) is 11.3 Å². The Morgan fingerprint density at radius 3 is 2.61 bits per heavy atom. The second kappa shape index (κ2) is 9.71. The Labute approximate surface area is 181 Å². The first kappa shape index (κ1) is 22.4. The van der Waals surface area contributed by atoms with Crippen molar-refractivity contribution in [3.05, 3.63) is 66.0 Å². The van der Waals surface area contributed by atoms with Crippen molar-refractivity contribution in [2.45, 2.75) is 12.5 Å². The molecule has 1 unspecified atom stereocenters. The van der Waals surface area contributed by atoms with E-state index in [1.54, 1.807) is 0 Å². The molecule has 162 valence electrons. The predicted molar refractivity (Wildman–Crippen MR) is 109 cm³/mol. The van der Waals surface area contributed by atoms with Gasteiger partial charge in [0.25, 0.3) is 5.91 Å². The summed E-state index contributed by atoms with van der Waals surface area (Å²) >= 11 is 0. The van der Waals surface area contributed by atoms with Crippen LogP contribution in [0.15, 0.2) is 42.9 Å². The molecular formula is C20H17ClF3N5O2. The number of rotatable bonds is 5. The Kier molecular flexibility index (Phi) is 7.03. The van der Waals surface area contributed by atoms with Crippen LogP contribution in [0, 0.1) is 17.5 Å². The zero-order valence-corrected chi connectivity index (χ0v) is 16.8. The molecule has 1 aliphatic rings. The van der Waals surface area contributed by atoms with Crippen molar-refractivity contribution in [1.82, 2.24) is 20.3 Å². The number of amides is 1. The fraction of sp³-hybridized carbons (Fsp3) is 0.200. The summed E-state index contributed by atoms with van der Waals surface area (Å²) in [5.74, 6) is -3.50. The fourth-order valence-electron chi connectivity index (χ4n) is 3.04. The Morgan fingerprint density at radius 2 is 1.90 bits per heavy atom. The van der Waals surface area contributed by atoms with E-state index in [0.717, 1.165) is 43.3 Å². The summed E-state index contributed by atoms with van der Waals surface area (Å²) in [4.78, 5) is 24.4. The van der Waals surface area contributed by atoms with Gasteiger partial charge in [0.2, 0.25) is 5.88 Å². The lowest BCUT2D eigenvalue weighted by Crippen LogP contribution is -2.22. The predicted octanol–water partition coefficient (Wildman–Crippen LogP) is 3.37. The SMILES string of the molecule is Cl.O=C(Nc1cncnc1OC1CCNC1)c1ccc(F)c(-c2c(F)cccc2F)n1. The summed E-state index contributed by atoms with van der Waals surface area (Å²) in [6.45, 7) is 1.46. The van der Waals surface area contributed by atoms with Crippen molar-refractivity contribution in [3.8, 4) is 17.1 Å². The van der Waals surface area contributed by atoms with E-state index >= 15 is 0 Å². The Hall–Kier alpha value is -3.24. The molecule has 1 atom stereocenters. The van der Waals surface area contributed by atoms with Crippen LogP contribution in [-0.4, -0.2) is 40.1 Å². The lowest BCUT2D eigenvalue weighted by molar-refractivity contribution is 0.102. The van der Waals surface area contributed by atoms with Gasteiger partial charge in [0.05, 0.1) is 11.8 Å². The number of anilines is 1. The topological polar surface area (TPSA) is 89.0 Å². The largest absolute Gasteiger partial charge is 0.471 e. The summed E-state index contributed by atoms with van der Waals surface area (Å²) < 4.78 is 48.1. The highest BCUT2D eigenvalue weighted by Gasteiger charge is 2.22. The maximum Gasteiger partial charge on any atom is 0.274 e. The number of hydrogen-bond donors (Lipinski definition) is 2. The zero-order valence-electron chi connectivity index (χ0n) is 15.9. The van der Waals surface area contributed by atoms with E-state index in [1.165, 1.54) is 12.5 Å². The van der Waals surface area contributed by atoms with Crippen molar-refractivity contribution >= 4 is 24.0 Å². The number of ether oxygens (including phenoxy) is 1. The van der Waals surface area contributed by atoms with Crippen molar-refractivity contribution < 1.29 is 22.7 Å². The third kappa shape index (κ3) is 4.92. The number of hydrogen-bond acceptors (Lipinski definition) is 6. The molecule has 2 aromatic heterocycles. The highest BCUT2D eigenvalue weighted by Crippen LogP contribution is 2.28. The molecule has 1 aromatic carbocycles. The van der Waals surface area contributed by atoms with E-state index in [9.17, 15) is 18.0 Å². The number of pyridine rings is 1. The molecule has 2 N–H and O–H groups in total. The quantitative estimate of drug-likeness (QED) is 0.618. The maximum atomic E-state index is 14.2. The van der Waals surface area contributed by atoms with E-state index in [0.29, 0.717) is 6.54 Å². The van der Waals surface area contributed by atoms with E-state index in [4.69, 9.17) is 4.74 Å². The average Bonchev–Trinajstić information content (AvgIpc) is 3.24. The average molecular weight is 452 g/mol. The number of halogens is 4. The smallest absolute Gasteiger partial charge is 0.274 e. The first-order valence-electron chi connectivity index (χ1n) is 9.12. The molecule has 0 spiro atoms. The number of benzene rings is 1. The number of nitrogens with one attached hydrogen (secondary N) is 2. The normalized spacial score (nSPS) is 15.3. The molecular weight excluding hydrogens is 435 g/mol. The third-order valence-electron chi connectivity index (χ3n) is 4.50. The monoisotopic (exact) mass is 451 g/mol. The molecule has 4 rings (SSSR count). The standard InChI is InChI=1S/C20H16F3N5O2.ClH/c21-12-2-1-3-13(22)17(12)18-14(23)4-5-15(27-18)19(29)28-16-9-25-10-26-20(16)30-11-6-7-24-8-11;/h1-5,9-11,24H,6-8H2,(H,28,29);1H. The zero-order chi connectivity index (χ0) is 21.1. The van der Waals surface area contributed by atoms with Crippen molar-refractivity contribution in [2.75, 3.05) is 18.4 Å². The second-order valence-electron chi connectivity index (χ2n) is 6.55. The fourth-order valence-corrected chi connectivity index (χ4v) is 3.04. The summed E-state index contributed by atoms with van der Waals surface area (Å²) in [6.07, 6.45) is 3.32. The van der Waals surface area contributed by atoms with Gasteiger partial charge in [-0.25, -0.2) is 23.1 Å². The van der Waals surface area contributed by atoms with Crippen molar-refractivity contribution in [3.63, 3.8) is 0 Å². The van der Waals surface area contributed by atoms with Gasteiger partial charge in [0.1, 0.15) is 47.0 Å². The molecule has 0 aliphatic carbocycles. The maximum absolute atomic E-state index is 14.2. The first-order valence-corrected chi connectivity index (χ1v) is 9.12. The molecule has 3 heterocycles. The molecule has 7 nitrogen and oxygen atoms in total.